The van der Waals surface area contributed by atoms with E-state index in [1.165, 1.54) is 0 Å². The van der Waals surface area contributed by atoms with Crippen molar-refractivity contribution in [1.29, 1.82) is 0 Å². The average Bonchev–Trinajstić information content (AvgIpc) is 2.04. The van der Waals surface area contributed by atoms with E-state index in [0.717, 1.165) is 12.8 Å². The van der Waals surface area contributed by atoms with Gasteiger partial charge in [-0.25, -0.2) is 0 Å². The van der Waals surface area contributed by atoms with E-state index in [1.807, 2.05) is 34.6 Å². The van der Waals surface area contributed by atoms with Crippen LogP contribution in [0.2, 0.25) is 0 Å². The van der Waals surface area contributed by atoms with Crippen LogP contribution in [-0.4, -0.2) is 29.6 Å². The van der Waals surface area contributed by atoms with Gasteiger partial charge in [-0.3, -0.25) is 0 Å². The highest BCUT2D eigenvalue weighted by Crippen LogP contribution is 2.27. The molecular weight excluding hydrogens is 204 g/mol. The molecule has 4 N–H and O–H groups in total. The lowest BCUT2D eigenvalue weighted by Crippen LogP contribution is -2.56. The summed E-state index contributed by atoms with van der Waals surface area (Å²) in [5, 5.41) is 0. The van der Waals surface area contributed by atoms with Gasteiger partial charge in [-0.1, -0.05) is 0 Å². The minimum absolute atomic E-state index is 0.0136. The van der Waals surface area contributed by atoms with Gasteiger partial charge in [-0.15, -0.1) is 0 Å². The van der Waals surface area contributed by atoms with Crippen LogP contribution in [0.1, 0.15) is 47.5 Å². The van der Waals surface area contributed by atoms with Crippen LogP contribution in [0, 0.1) is 0 Å². The second-order valence-corrected chi connectivity index (χ2v) is 6.29. The molecule has 1 unspecified atom stereocenters. The predicted octanol–water partition coefficient (Wildman–Crippen LogP) is 1.37. The molecule has 0 aromatic heterocycles. The molecule has 0 aliphatic carbocycles. The van der Waals surface area contributed by atoms with Crippen molar-refractivity contribution in [3.05, 3.63) is 0 Å². The molecule has 96 valence electrons. The monoisotopic (exact) mass is 230 g/mol. The molecule has 3 atom stereocenters. The molecule has 16 heavy (non-hydrogen) atoms. The Bertz CT molecular complexity index is 230. The van der Waals surface area contributed by atoms with E-state index in [2.05, 4.69) is 0 Å². The molecule has 0 radical (unpaired) electrons. The maximum atomic E-state index is 6.06. The fourth-order valence-electron chi connectivity index (χ4n) is 1.82. The minimum atomic E-state index is -0.348. The van der Waals surface area contributed by atoms with Crippen LogP contribution >= 0.6 is 0 Å². The molecule has 0 aromatic carbocycles. The Hall–Kier alpha value is -0.160. The van der Waals surface area contributed by atoms with Gasteiger partial charge in [0.25, 0.3) is 0 Å². The van der Waals surface area contributed by atoms with E-state index in [-0.39, 0.29) is 29.6 Å². The fourth-order valence-corrected chi connectivity index (χ4v) is 1.82. The summed E-state index contributed by atoms with van der Waals surface area (Å²) < 4.78 is 11.7. The summed E-state index contributed by atoms with van der Waals surface area (Å²) in [4.78, 5) is 0. The van der Waals surface area contributed by atoms with Crippen LogP contribution in [0.3, 0.4) is 0 Å². The SMILES string of the molecule is CC(C)(C)O[C@H]1OC(C(C)(C)N)CC[C@H]1N. The third kappa shape index (κ3) is 4.01. The Morgan fingerprint density at radius 3 is 2.12 bits per heavy atom. The Balaban J connectivity index is 2.62. The smallest absolute Gasteiger partial charge is 0.173 e. The molecule has 1 heterocycles. The minimum Gasteiger partial charge on any atom is -0.346 e. The molecule has 1 aliphatic rings. The largest absolute Gasteiger partial charge is 0.346 e. The maximum Gasteiger partial charge on any atom is 0.173 e. The highest BCUT2D eigenvalue weighted by molar-refractivity contribution is 4.89. The van der Waals surface area contributed by atoms with Gasteiger partial charge in [0.05, 0.1) is 17.7 Å². The van der Waals surface area contributed by atoms with Gasteiger partial charge in [0.15, 0.2) is 6.29 Å². The van der Waals surface area contributed by atoms with Crippen molar-refractivity contribution in [2.75, 3.05) is 0 Å². The molecule has 0 saturated carbocycles. The molecular formula is C12H26N2O2. The molecule has 4 nitrogen and oxygen atoms in total. The van der Waals surface area contributed by atoms with Crippen molar-refractivity contribution >= 4 is 0 Å². The summed E-state index contributed by atoms with van der Waals surface area (Å²) >= 11 is 0. The summed E-state index contributed by atoms with van der Waals surface area (Å²) in [6, 6.07) is -0.0576. The van der Waals surface area contributed by atoms with Crippen LogP contribution in [0.5, 0.6) is 0 Å². The van der Waals surface area contributed by atoms with E-state index in [4.69, 9.17) is 20.9 Å². The first-order valence-corrected chi connectivity index (χ1v) is 5.97. The lowest BCUT2D eigenvalue weighted by molar-refractivity contribution is -0.249. The Labute approximate surface area is 98.7 Å². The third-order valence-electron chi connectivity index (χ3n) is 2.71. The van der Waals surface area contributed by atoms with Gasteiger partial charge >= 0.3 is 0 Å². The van der Waals surface area contributed by atoms with Crippen LogP contribution in [0.25, 0.3) is 0 Å². The molecule has 4 heteroatoms. The third-order valence-corrected chi connectivity index (χ3v) is 2.71. The highest BCUT2D eigenvalue weighted by atomic mass is 16.7. The number of hydrogen-bond donors (Lipinski definition) is 2. The van der Waals surface area contributed by atoms with Gasteiger partial charge in [-0.2, -0.15) is 0 Å². The summed E-state index contributed by atoms with van der Waals surface area (Å²) in [7, 11) is 0. The van der Waals surface area contributed by atoms with Crippen molar-refractivity contribution in [2.45, 2.75) is 77.0 Å². The van der Waals surface area contributed by atoms with Gasteiger partial charge in [0, 0.05) is 5.54 Å². The number of hydrogen-bond acceptors (Lipinski definition) is 4. The van der Waals surface area contributed by atoms with Crippen molar-refractivity contribution in [3.8, 4) is 0 Å². The Kier molecular flexibility index (Phi) is 4.00. The maximum absolute atomic E-state index is 6.06. The average molecular weight is 230 g/mol. The quantitative estimate of drug-likeness (QED) is 0.751. The zero-order chi connectivity index (χ0) is 12.6. The summed E-state index contributed by atoms with van der Waals surface area (Å²) in [5.41, 5.74) is 11.5. The van der Waals surface area contributed by atoms with Gasteiger partial charge in [0.2, 0.25) is 0 Å². The van der Waals surface area contributed by atoms with Crippen molar-refractivity contribution in [2.24, 2.45) is 11.5 Å². The molecule has 0 amide bonds. The Morgan fingerprint density at radius 1 is 1.12 bits per heavy atom. The molecule has 0 aromatic rings. The second kappa shape index (κ2) is 4.61. The number of ether oxygens (including phenoxy) is 2. The molecule has 1 rings (SSSR count). The fraction of sp³-hybridized carbons (Fsp3) is 1.00. The number of nitrogens with two attached hydrogens (primary N) is 2. The first-order chi connectivity index (χ1) is 7.09. The zero-order valence-electron chi connectivity index (χ0n) is 11.1. The lowest BCUT2D eigenvalue weighted by atomic mass is 9.91. The molecule has 1 saturated heterocycles. The summed E-state index contributed by atoms with van der Waals surface area (Å²) in [6.45, 7) is 9.95. The second-order valence-electron chi connectivity index (χ2n) is 6.29. The first kappa shape index (κ1) is 13.9. The van der Waals surface area contributed by atoms with Crippen LogP contribution in [0.4, 0.5) is 0 Å². The molecule has 0 bridgehead atoms. The van der Waals surface area contributed by atoms with Crippen molar-refractivity contribution in [1.82, 2.24) is 0 Å². The zero-order valence-corrected chi connectivity index (χ0v) is 11.1. The van der Waals surface area contributed by atoms with Gasteiger partial charge < -0.3 is 20.9 Å². The highest BCUT2D eigenvalue weighted by Gasteiger charge is 2.37. The predicted molar refractivity (Wildman–Crippen MR) is 65.0 cm³/mol. The lowest BCUT2D eigenvalue weighted by Gasteiger charge is -2.42. The van der Waals surface area contributed by atoms with E-state index >= 15 is 0 Å². The van der Waals surface area contributed by atoms with Crippen LogP contribution < -0.4 is 11.5 Å². The summed E-state index contributed by atoms with van der Waals surface area (Å²) in [6.07, 6.45) is 1.46. The number of rotatable bonds is 2. The molecule has 1 fully saturated rings. The van der Waals surface area contributed by atoms with E-state index in [9.17, 15) is 0 Å². The molecule has 1 aliphatic heterocycles. The van der Waals surface area contributed by atoms with Gasteiger partial charge in [0.1, 0.15) is 0 Å². The van der Waals surface area contributed by atoms with Crippen molar-refractivity contribution in [3.63, 3.8) is 0 Å². The van der Waals surface area contributed by atoms with Gasteiger partial charge in [-0.05, 0) is 47.5 Å². The van der Waals surface area contributed by atoms with E-state index < -0.39 is 0 Å². The topological polar surface area (TPSA) is 70.5 Å². The molecule has 0 spiro atoms. The van der Waals surface area contributed by atoms with E-state index in [0.29, 0.717) is 0 Å². The van der Waals surface area contributed by atoms with Crippen molar-refractivity contribution < 1.29 is 9.47 Å². The normalized spacial score (nSPS) is 32.8. The first-order valence-electron chi connectivity index (χ1n) is 5.97. The Morgan fingerprint density at radius 2 is 1.69 bits per heavy atom. The van der Waals surface area contributed by atoms with Crippen LogP contribution in [0.15, 0.2) is 0 Å². The summed E-state index contributed by atoms with van der Waals surface area (Å²) in [5.74, 6) is 0. The standard InChI is InChI=1S/C12H26N2O2/c1-11(2,3)16-10-8(13)6-7-9(15-10)12(4,5)14/h8-10H,6-7,13-14H2,1-5H3/t8-,9?,10-/m1/s1. The van der Waals surface area contributed by atoms with Crippen LogP contribution in [-0.2, 0) is 9.47 Å². The van der Waals surface area contributed by atoms with E-state index in [1.54, 1.807) is 0 Å².